The summed E-state index contributed by atoms with van der Waals surface area (Å²) in [5, 5.41) is 1.91. The molecule has 0 fully saturated rings. The molecule has 6 nitrogen and oxygen atoms in total. The Balaban J connectivity index is 1.65. The van der Waals surface area contributed by atoms with Crippen LogP contribution in [0.15, 0.2) is 65.6 Å². The molecule has 2 N–H and O–H groups in total. The zero-order valence-electron chi connectivity index (χ0n) is 14.6. The second-order valence-electron chi connectivity index (χ2n) is 5.94. The maximum atomic E-state index is 13.6. The monoisotopic (exact) mass is 406 g/mol. The van der Waals surface area contributed by atoms with Crippen LogP contribution in [0.3, 0.4) is 0 Å². The van der Waals surface area contributed by atoms with E-state index < -0.39 is 38.6 Å². The Morgan fingerprint density at radius 3 is 2.46 bits per heavy atom. The van der Waals surface area contributed by atoms with E-state index in [1.807, 2.05) is 35.8 Å². The van der Waals surface area contributed by atoms with Crippen LogP contribution < -0.4 is 15.0 Å². The number of benzene rings is 3. The molecule has 1 amide bonds. The van der Waals surface area contributed by atoms with Crippen LogP contribution in [0.1, 0.15) is 6.92 Å². The number of halogens is 2. The minimum Gasteiger partial charge on any atom is -0.481 e. The van der Waals surface area contributed by atoms with Crippen molar-refractivity contribution in [3.63, 3.8) is 0 Å². The van der Waals surface area contributed by atoms with Crippen LogP contribution >= 0.6 is 0 Å². The van der Waals surface area contributed by atoms with Crippen LogP contribution in [-0.2, 0) is 14.8 Å². The normalized spacial score (nSPS) is 12.5. The third-order valence-corrected chi connectivity index (χ3v) is 5.16. The summed E-state index contributed by atoms with van der Waals surface area (Å²) < 4.78 is 56.5. The first-order chi connectivity index (χ1) is 13.3. The summed E-state index contributed by atoms with van der Waals surface area (Å²) in [6, 6.07) is 14.8. The van der Waals surface area contributed by atoms with Crippen molar-refractivity contribution < 1.29 is 26.7 Å². The average Bonchev–Trinajstić information content (AvgIpc) is 2.67. The smallest absolute Gasteiger partial charge is 0.275 e. The van der Waals surface area contributed by atoms with Gasteiger partial charge in [-0.25, -0.2) is 17.2 Å². The summed E-state index contributed by atoms with van der Waals surface area (Å²) in [7, 11) is -4.50. The SMILES string of the molecule is C[C@H](Oc1ccc2ccccc2c1)C(=O)NNS(=O)(=O)c1cc(F)ccc1F. The Hall–Kier alpha value is -3.04. The molecule has 9 heteroatoms. The fraction of sp³-hybridized carbons (Fsp3) is 0.105. The lowest BCUT2D eigenvalue weighted by atomic mass is 10.1. The van der Waals surface area contributed by atoms with Gasteiger partial charge in [-0.1, -0.05) is 30.3 Å². The number of hydrogen-bond donors (Lipinski definition) is 2. The van der Waals surface area contributed by atoms with Crippen LogP contribution in [0.25, 0.3) is 10.8 Å². The maximum Gasteiger partial charge on any atom is 0.275 e. The molecule has 0 aliphatic carbocycles. The fourth-order valence-electron chi connectivity index (χ4n) is 2.46. The highest BCUT2D eigenvalue weighted by Gasteiger charge is 2.22. The van der Waals surface area contributed by atoms with E-state index in [1.165, 1.54) is 6.92 Å². The second kappa shape index (κ2) is 7.91. The molecular formula is C19H16F2N2O4S. The van der Waals surface area contributed by atoms with Gasteiger partial charge in [-0.2, -0.15) is 0 Å². The van der Waals surface area contributed by atoms with Crippen molar-refractivity contribution in [3.05, 3.63) is 72.3 Å². The molecule has 146 valence electrons. The van der Waals surface area contributed by atoms with Gasteiger partial charge in [0.1, 0.15) is 22.3 Å². The van der Waals surface area contributed by atoms with Crippen LogP contribution in [-0.4, -0.2) is 20.4 Å². The van der Waals surface area contributed by atoms with E-state index in [1.54, 1.807) is 17.0 Å². The molecule has 0 spiro atoms. The van der Waals surface area contributed by atoms with Gasteiger partial charge in [0, 0.05) is 0 Å². The summed E-state index contributed by atoms with van der Waals surface area (Å²) in [5.41, 5.74) is 1.93. The molecule has 0 radical (unpaired) electrons. The topological polar surface area (TPSA) is 84.5 Å². The Morgan fingerprint density at radius 2 is 1.71 bits per heavy atom. The molecule has 0 heterocycles. The van der Waals surface area contributed by atoms with Crippen molar-refractivity contribution in [1.29, 1.82) is 0 Å². The Labute approximate surface area is 160 Å². The van der Waals surface area contributed by atoms with Gasteiger partial charge in [0.15, 0.2) is 6.10 Å². The summed E-state index contributed by atoms with van der Waals surface area (Å²) in [6.45, 7) is 1.42. The van der Waals surface area contributed by atoms with E-state index in [0.717, 1.165) is 16.8 Å². The first-order valence-electron chi connectivity index (χ1n) is 8.18. The number of fused-ring (bicyclic) bond motifs is 1. The molecule has 0 unspecified atom stereocenters. The van der Waals surface area contributed by atoms with E-state index in [4.69, 9.17) is 4.74 Å². The molecule has 0 aromatic heterocycles. The largest absolute Gasteiger partial charge is 0.481 e. The Bertz CT molecular complexity index is 1140. The fourth-order valence-corrected chi connectivity index (χ4v) is 3.39. The lowest BCUT2D eigenvalue weighted by Crippen LogP contribution is -2.47. The minimum absolute atomic E-state index is 0.417. The summed E-state index contributed by atoms with van der Waals surface area (Å²) in [6.07, 6.45) is -1.05. The predicted octanol–water partition coefficient (Wildman–Crippen LogP) is 2.90. The molecule has 1 atom stereocenters. The predicted molar refractivity (Wildman–Crippen MR) is 98.9 cm³/mol. The standard InChI is InChI=1S/C19H16F2N2O4S/c1-12(27-16-8-6-13-4-2-3-5-14(13)10-16)19(24)22-23-28(25,26)18-11-15(20)7-9-17(18)21/h2-12,23H,1H3,(H,22,24)/t12-/m0/s1. The summed E-state index contributed by atoms with van der Waals surface area (Å²) in [5.74, 6) is -2.47. The molecule has 28 heavy (non-hydrogen) atoms. The first-order valence-corrected chi connectivity index (χ1v) is 9.67. The average molecular weight is 406 g/mol. The van der Waals surface area contributed by atoms with Gasteiger partial charge in [-0.15, -0.1) is 4.83 Å². The molecule has 3 aromatic carbocycles. The Kier molecular flexibility index (Phi) is 5.57. The molecule has 0 aliphatic heterocycles. The van der Waals surface area contributed by atoms with Gasteiger partial charge in [-0.05, 0) is 48.0 Å². The third-order valence-electron chi connectivity index (χ3n) is 3.89. The summed E-state index contributed by atoms with van der Waals surface area (Å²) >= 11 is 0. The van der Waals surface area contributed by atoms with Crippen molar-refractivity contribution in [1.82, 2.24) is 10.3 Å². The quantitative estimate of drug-likeness (QED) is 0.617. The number of carbonyl (C=O) groups excluding carboxylic acids is 1. The number of rotatable bonds is 6. The number of amides is 1. The zero-order chi connectivity index (χ0) is 20.3. The van der Waals surface area contributed by atoms with Crippen molar-refractivity contribution >= 4 is 26.7 Å². The van der Waals surface area contributed by atoms with Crippen LogP contribution in [0.5, 0.6) is 5.75 Å². The highest BCUT2D eigenvalue weighted by atomic mass is 32.2. The highest BCUT2D eigenvalue weighted by Crippen LogP contribution is 2.21. The first kappa shape index (κ1) is 19.7. The van der Waals surface area contributed by atoms with E-state index in [-0.39, 0.29) is 0 Å². The number of nitrogens with one attached hydrogen (secondary N) is 2. The van der Waals surface area contributed by atoms with Crippen molar-refractivity contribution in [2.75, 3.05) is 0 Å². The van der Waals surface area contributed by atoms with Gasteiger partial charge < -0.3 is 4.74 Å². The van der Waals surface area contributed by atoms with Gasteiger partial charge >= 0.3 is 0 Å². The van der Waals surface area contributed by atoms with Crippen LogP contribution in [0.2, 0.25) is 0 Å². The molecule has 0 saturated heterocycles. The number of hydrogen-bond acceptors (Lipinski definition) is 4. The van der Waals surface area contributed by atoms with Gasteiger partial charge in [-0.3, -0.25) is 10.2 Å². The van der Waals surface area contributed by atoms with Gasteiger partial charge in [0.05, 0.1) is 0 Å². The number of hydrazine groups is 1. The minimum atomic E-state index is -4.50. The zero-order valence-corrected chi connectivity index (χ0v) is 15.5. The van der Waals surface area contributed by atoms with E-state index in [0.29, 0.717) is 17.9 Å². The van der Waals surface area contributed by atoms with Crippen molar-refractivity contribution in [2.45, 2.75) is 17.9 Å². The molecule has 3 aromatic rings. The third kappa shape index (κ3) is 4.44. The number of carbonyl (C=O) groups is 1. The molecule has 3 rings (SSSR count). The second-order valence-corrected chi connectivity index (χ2v) is 7.59. The number of sulfonamides is 1. The lowest BCUT2D eigenvalue weighted by Gasteiger charge is -2.16. The van der Waals surface area contributed by atoms with Crippen molar-refractivity contribution in [2.24, 2.45) is 0 Å². The molecular weight excluding hydrogens is 390 g/mol. The van der Waals surface area contributed by atoms with Gasteiger partial charge in [0.2, 0.25) is 0 Å². The van der Waals surface area contributed by atoms with E-state index >= 15 is 0 Å². The summed E-state index contributed by atoms with van der Waals surface area (Å²) in [4.78, 5) is 12.9. The Morgan fingerprint density at radius 1 is 1.00 bits per heavy atom. The van der Waals surface area contributed by atoms with Crippen molar-refractivity contribution in [3.8, 4) is 5.75 Å². The maximum absolute atomic E-state index is 13.6. The van der Waals surface area contributed by atoms with E-state index in [2.05, 4.69) is 0 Å². The lowest BCUT2D eigenvalue weighted by molar-refractivity contribution is -0.127. The van der Waals surface area contributed by atoms with Crippen LogP contribution in [0, 0.1) is 11.6 Å². The van der Waals surface area contributed by atoms with E-state index in [9.17, 15) is 22.0 Å². The molecule has 0 bridgehead atoms. The highest BCUT2D eigenvalue weighted by molar-refractivity contribution is 7.89. The van der Waals surface area contributed by atoms with Crippen LogP contribution in [0.4, 0.5) is 8.78 Å². The molecule has 0 saturated carbocycles. The number of ether oxygens (including phenoxy) is 1. The molecule has 0 aliphatic rings. The van der Waals surface area contributed by atoms with Gasteiger partial charge in [0.25, 0.3) is 15.9 Å².